The minimum Gasteiger partial charge on any atom is -0.384 e. The summed E-state index contributed by atoms with van der Waals surface area (Å²) in [7, 11) is 0. The van der Waals surface area contributed by atoms with Gasteiger partial charge in [0.05, 0.1) is 5.69 Å². The molecule has 4 nitrogen and oxygen atoms in total. The molecule has 1 heterocycles. The Hall–Kier alpha value is -1.89. The Morgan fingerprint density at radius 3 is 2.72 bits per heavy atom. The molecule has 0 amide bonds. The van der Waals surface area contributed by atoms with Crippen LogP contribution in [0.2, 0.25) is 0 Å². The molecule has 0 saturated heterocycles. The number of rotatable bonds is 4. The molecule has 3 N–H and O–H groups in total. The van der Waals surface area contributed by atoms with E-state index in [0.29, 0.717) is 34.0 Å². The summed E-state index contributed by atoms with van der Waals surface area (Å²) in [6.07, 6.45) is 1.31. The molecule has 18 heavy (non-hydrogen) atoms. The second kappa shape index (κ2) is 5.63. The Morgan fingerprint density at radius 2 is 2.00 bits per heavy atom. The second-order valence-corrected chi connectivity index (χ2v) is 4.36. The predicted octanol–water partition coefficient (Wildman–Crippen LogP) is 3.12. The van der Waals surface area contributed by atoms with E-state index in [-0.39, 0.29) is 0 Å². The first-order chi connectivity index (χ1) is 8.65. The molecule has 0 fully saturated rings. The average Bonchev–Trinajstić information content (AvgIpc) is 2.31. The second-order valence-electron chi connectivity index (χ2n) is 3.33. The third-order valence-electron chi connectivity index (χ3n) is 2.05. The fourth-order valence-electron chi connectivity index (χ4n) is 1.35. The fourth-order valence-corrected chi connectivity index (χ4v) is 1.94. The SMILES string of the molecule is Nc1cc(Nc2ccccc2SC(F)F)ncn1. The Kier molecular flexibility index (Phi) is 3.93. The third-order valence-corrected chi connectivity index (χ3v) is 2.84. The van der Waals surface area contributed by atoms with Crippen molar-refractivity contribution in [2.45, 2.75) is 10.7 Å². The molecule has 0 bridgehead atoms. The number of para-hydroxylation sites is 1. The van der Waals surface area contributed by atoms with Crippen molar-refractivity contribution in [2.24, 2.45) is 0 Å². The molecule has 0 atom stereocenters. The van der Waals surface area contributed by atoms with Crippen molar-refractivity contribution in [3.8, 4) is 0 Å². The van der Waals surface area contributed by atoms with Crippen LogP contribution >= 0.6 is 11.8 Å². The average molecular weight is 268 g/mol. The van der Waals surface area contributed by atoms with Crippen LogP contribution in [0.1, 0.15) is 0 Å². The fraction of sp³-hybridized carbons (Fsp3) is 0.0909. The molecule has 1 aromatic carbocycles. The zero-order chi connectivity index (χ0) is 13.0. The standard InChI is InChI=1S/C11H10F2N4S/c12-11(13)18-8-4-2-1-3-7(8)17-10-5-9(14)15-6-16-10/h1-6,11H,(H3,14,15,16,17). The maximum Gasteiger partial charge on any atom is 0.288 e. The Labute approximate surface area is 107 Å². The lowest BCUT2D eigenvalue weighted by Gasteiger charge is -2.10. The van der Waals surface area contributed by atoms with Gasteiger partial charge in [-0.3, -0.25) is 0 Å². The van der Waals surface area contributed by atoms with E-state index in [2.05, 4.69) is 15.3 Å². The molecule has 0 unspecified atom stereocenters. The molecule has 0 saturated carbocycles. The van der Waals surface area contributed by atoms with Gasteiger partial charge in [0.1, 0.15) is 18.0 Å². The number of hydrogen-bond acceptors (Lipinski definition) is 5. The van der Waals surface area contributed by atoms with E-state index in [1.807, 2.05) is 0 Å². The van der Waals surface area contributed by atoms with Crippen LogP contribution in [0, 0.1) is 0 Å². The molecule has 2 aromatic rings. The lowest BCUT2D eigenvalue weighted by Crippen LogP contribution is -1.98. The van der Waals surface area contributed by atoms with E-state index >= 15 is 0 Å². The van der Waals surface area contributed by atoms with E-state index in [4.69, 9.17) is 5.73 Å². The lowest BCUT2D eigenvalue weighted by atomic mass is 10.3. The maximum atomic E-state index is 12.4. The van der Waals surface area contributed by atoms with Gasteiger partial charge >= 0.3 is 0 Å². The largest absolute Gasteiger partial charge is 0.384 e. The van der Waals surface area contributed by atoms with Gasteiger partial charge in [0.15, 0.2) is 0 Å². The smallest absolute Gasteiger partial charge is 0.288 e. The van der Waals surface area contributed by atoms with Crippen molar-refractivity contribution < 1.29 is 8.78 Å². The Bertz CT molecular complexity index is 536. The molecule has 2 rings (SSSR count). The van der Waals surface area contributed by atoms with Crippen LogP contribution in [0.15, 0.2) is 41.6 Å². The maximum absolute atomic E-state index is 12.4. The minimum absolute atomic E-state index is 0.312. The molecule has 94 valence electrons. The zero-order valence-corrected chi connectivity index (χ0v) is 9.99. The van der Waals surface area contributed by atoms with Crippen LogP contribution in [0.25, 0.3) is 0 Å². The van der Waals surface area contributed by atoms with Gasteiger partial charge in [0, 0.05) is 11.0 Å². The molecule has 0 aliphatic heterocycles. The van der Waals surface area contributed by atoms with E-state index < -0.39 is 5.76 Å². The summed E-state index contributed by atoms with van der Waals surface area (Å²) in [5.41, 5.74) is 6.07. The molecule has 0 spiro atoms. The van der Waals surface area contributed by atoms with E-state index in [1.165, 1.54) is 12.4 Å². The number of halogens is 2. The van der Waals surface area contributed by atoms with Gasteiger partial charge in [-0.25, -0.2) is 9.97 Å². The predicted molar refractivity (Wildman–Crippen MR) is 68.0 cm³/mol. The Morgan fingerprint density at radius 1 is 1.22 bits per heavy atom. The summed E-state index contributed by atoms with van der Waals surface area (Å²) in [4.78, 5) is 8.16. The summed E-state index contributed by atoms with van der Waals surface area (Å²) in [5.74, 6) is -1.69. The summed E-state index contributed by atoms with van der Waals surface area (Å²) in [6.45, 7) is 0. The number of nitrogens with zero attached hydrogens (tertiary/aromatic N) is 2. The lowest BCUT2D eigenvalue weighted by molar-refractivity contribution is 0.252. The van der Waals surface area contributed by atoms with Crippen molar-refractivity contribution in [3.63, 3.8) is 0 Å². The van der Waals surface area contributed by atoms with Crippen LogP contribution < -0.4 is 11.1 Å². The Balaban J connectivity index is 2.23. The van der Waals surface area contributed by atoms with Gasteiger partial charge in [-0.05, 0) is 12.1 Å². The highest BCUT2D eigenvalue weighted by Gasteiger charge is 2.10. The van der Waals surface area contributed by atoms with Gasteiger partial charge in [0.2, 0.25) is 0 Å². The number of benzene rings is 1. The number of aromatic nitrogens is 2. The van der Waals surface area contributed by atoms with Gasteiger partial charge in [-0.2, -0.15) is 8.78 Å². The molecular formula is C11H10F2N4S. The first-order valence-electron chi connectivity index (χ1n) is 5.03. The van der Waals surface area contributed by atoms with Crippen LogP contribution in [0.4, 0.5) is 26.1 Å². The normalized spacial score (nSPS) is 10.6. The first kappa shape index (κ1) is 12.6. The van der Waals surface area contributed by atoms with Gasteiger partial charge in [0.25, 0.3) is 5.76 Å². The van der Waals surface area contributed by atoms with Crippen LogP contribution in [-0.4, -0.2) is 15.7 Å². The number of hydrogen-bond donors (Lipinski definition) is 2. The molecule has 0 radical (unpaired) electrons. The van der Waals surface area contributed by atoms with Gasteiger partial charge < -0.3 is 11.1 Å². The van der Waals surface area contributed by atoms with Crippen LogP contribution in [-0.2, 0) is 0 Å². The minimum atomic E-state index is -2.47. The highest BCUT2D eigenvalue weighted by Crippen LogP contribution is 2.32. The number of thioether (sulfide) groups is 1. The number of nitrogens with one attached hydrogen (secondary N) is 1. The quantitative estimate of drug-likeness (QED) is 0.834. The monoisotopic (exact) mass is 268 g/mol. The van der Waals surface area contributed by atoms with Gasteiger partial charge in [-0.15, -0.1) is 0 Å². The summed E-state index contributed by atoms with van der Waals surface area (Å²) in [5, 5.41) is 2.93. The summed E-state index contributed by atoms with van der Waals surface area (Å²) < 4.78 is 24.8. The van der Waals surface area contributed by atoms with E-state index in [1.54, 1.807) is 24.3 Å². The molecule has 1 aromatic heterocycles. The van der Waals surface area contributed by atoms with Crippen molar-refractivity contribution in [1.29, 1.82) is 0 Å². The molecule has 0 aliphatic carbocycles. The van der Waals surface area contributed by atoms with Crippen molar-refractivity contribution in [3.05, 3.63) is 36.7 Å². The zero-order valence-electron chi connectivity index (χ0n) is 9.18. The summed E-state index contributed by atoms with van der Waals surface area (Å²) in [6, 6.07) is 8.29. The summed E-state index contributed by atoms with van der Waals surface area (Å²) >= 11 is 0.478. The van der Waals surface area contributed by atoms with Gasteiger partial charge in [-0.1, -0.05) is 23.9 Å². The van der Waals surface area contributed by atoms with Crippen LogP contribution in [0.5, 0.6) is 0 Å². The number of nitrogens with two attached hydrogens (primary N) is 1. The third kappa shape index (κ3) is 3.30. The first-order valence-corrected chi connectivity index (χ1v) is 5.91. The highest BCUT2D eigenvalue weighted by atomic mass is 32.2. The van der Waals surface area contributed by atoms with Crippen molar-refractivity contribution in [1.82, 2.24) is 9.97 Å². The van der Waals surface area contributed by atoms with Crippen molar-refractivity contribution in [2.75, 3.05) is 11.1 Å². The van der Waals surface area contributed by atoms with E-state index in [9.17, 15) is 8.78 Å². The highest BCUT2D eigenvalue weighted by molar-refractivity contribution is 7.99. The number of alkyl halides is 2. The number of nitrogen functional groups attached to an aromatic ring is 1. The molecule has 0 aliphatic rings. The molecule has 7 heteroatoms. The number of anilines is 3. The van der Waals surface area contributed by atoms with Crippen molar-refractivity contribution >= 4 is 29.1 Å². The van der Waals surface area contributed by atoms with E-state index in [0.717, 1.165) is 0 Å². The van der Waals surface area contributed by atoms with Crippen LogP contribution in [0.3, 0.4) is 0 Å². The topological polar surface area (TPSA) is 63.8 Å². The molecular weight excluding hydrogens is 258 g/mol.